The van der Waals surface area contributed by atoms with Crippen molar-refractivity contribution in [2.24, 2.45) is 4.36 Å². The molecule has 5 heteroatoms. The van der Waals surface area contributed by atoms with Crippen LogP contribution in [-0.4, -0.2) is 14.9 Å². The fraction of sp³-hybridized carbons (Fsp3) is 0.133. The number of fused-ring (bicyclic) bond motifs is 1. The minimum absolute atomic E-state index is 0.168. The Balaban J connectivity index is 2.15. The van der Waals surface area contributed by atoms with E-state index in [-0.39, 0.29) is 6.01 Å². The first-order valence-corrected chi connectivity index (χ1v) is 8.05. The lowest BCUT2D eigenvalue weighted by atomic mass is 10.3. The van der Waals surface area contributed by atoms with Crippen molar-refractivity contribution in [2.75, 3.05) is 5.75 Å². The number of para-hydroxylation sites is 2. The molecule has 1 aromatic heterocycles. The van der Waals surface area contributed by atoms with Crippen LogP contribution in [0.4, 0.5) is 6.01 Å². The van der Waals surface area contributed by atoms with Crippen LogP contribution < -0.4 is 0 Å². The van der Waals surface area contributed by atoms with E-state index in [1.54, 1.807) is 0 Å². The van der Waals surface area contributed by atoms with Gasteiger partial charge in [-0.2, -0.15) is 4.98 Å². The van der Waals surface area contributed by atoms with Gasteiger partial charge in [-0.3, -0.25) is 0 Å². The quantitative estimate of drug-likeness (QED) is 0.731. The molecule has 0 aliphatic carbocycles. The summed E-state index contributed by atoms with van der Waals surface area (Å²) >= 11 is 0. The molecule has 1 heterocycles. The van der Waals surface area contributed by atoms with Gasteiger partial charge < -0.3 is 4.42 Å². The highest BCUT2D eigenvalue weighted by Crippen LogP contribution is 2.24. The maximum atomic E-state index is 12.9. The Hall–Kier alpha value is -2.14. The van der Waals surface area contributed by atoms with Crippen LogP contribution in [0.15, 0.2) is 68.3 Å². The van der Waals surface area contributed by atoms with Crippen LogP contribution in [0.3, 0.4) is 0 Å². The lowest BCUT2D eigenvalue weighted by Gasteiger charge is -2.05. The molecule has 0 amide bonds. The van der Waals surface area contributed by atoms with E-state index in [1.165, 1.54) is 0 Å². The normalized spacial score (nSPS) is 14.1. The summed E-state index contributed by atoms with van der Waals surface area (Å²) in [5.74, 6) is 0.412. The van der Waals surface area contributed by atoms with Crippen molar-refractivity contribution in [2.45, 2.75) is 11.8 Å². The molecule has 0 bridgehead atoms. The Morgan fingerprint density at radius 2 is 1.80 bits per heavy atom. The number of oxazole rings is 1. The van der Waals surface area contributed by atoms with E-state index >= 15 is 0 Å². The largest absolute Gasteiger partial charge is 0.422 e. The number of hydrogen-bond donors (Lipinski definition) is 0. The third-order valence-electron chi connectivity index (χ3n) is 3.01. The Bertz CT molecular complexity index is 813. The first-order valence-electron chi connectivity index (χ1n) is 6.37. The van der Waals surface area contributed by atoms with Crippen molar-refractivity contribution in [3.63, 3.8) is 0 Å². The second kappa shape index (κ2) is 5.09. The smallest absolute Gasteiger partial charge is 0.331 e. The van der Waals surface area contributed by atoms with Crippen molar-refractivity contribution >= 4 is 26.8 Å². The standard InChI is InChI=1S/C15H14N2O2S/c1-2-20(18,12-8-4-3-5-9-12)17-15-16-13-10-6-7-11-14(13)19-15/h3-11H,2H2,1H3. The second-order valence-corrected chi connectivity index (χ2v) is 6.81. The maximum absolute atomic E-state index is 12.9. The van der Waals surface area contributed by atoms with Gasteiger partial charge in [-0.05, 0) is 24.3 Å². The molecule has 1 unspecified atom stereocenters. The molecule has 20 heavy (non-hydrogen) atoms. The van der Waals surface area contributed by atoms with E-state index in [4.69, 9.17) is 4.42 Å². The zero-order chi connectivity index (χ0) is 14.0. The fourth-order valence-corrected chi connectivity index (χ4v) is 3.42. The van der Waals surface area contributed by atoms with E-state index in [1.807, 2.05) is 61.5 Å². The first-order chi connectivity index (χ1) is 9.71. The highest BCUT2D eigenvalue weighted by molar-refractivity contribution is 7.93. The zero-order valence-corrected chi connectivity index (χ0v) is 11.8. The predicted octanol–water partition coefficient (Wildman–Crippen LogP) is 4.01. The molecule has 0 spiro atoms. The average molecular weight is 286 g/mol. The molecule has 102 valence electrons. The molecule has 0 fully saturated rings. The van der Waals surface area contributed by atoms with Gasteiger partial charge in [0.2, 0.25) is 0 Å². The van der Waals surface area contributed by atoms with Gasteiger partial charge in [0.05, 0.1) is 9.73 Å². The number of benzene rings is 2. The molecule has 0 aliphatic rings. The summed E-state index contributed by atoms with van der Waals surface area (Å²) in [6.07, 6.45) is 0. The van der Waals surface area contributed by atoms with Gasteiger partial charge in [0, 0.05) is 10.6 Å². The molecular weight excluding hydrogens is 272 g/mol. The third-order valence-corrected chi connectivity index (χ3v) is 5.25. The van der Waals surface area contributed by atoms with Gasteiger partial charge in [0.15, 0.2) is 5.58 Å². The Morgan fingerprint density at radius 3 is 2.50 bits per heavy atom. The Labute approximate surface area is 117 Å². The van der Waals surface area contributed by atoms with E-state index in [9.17, 15) is 4.21 Å². The van der Waals surface area contributed by atoms with Crippen molar-refractivity contribution in [3.05, 3.63) is 54.6 Å². The molecule has 2 aromatic carbocycles. The summed E-state index contributed by atoms with van der Waals surface area (Å²) in [6.45, 7) is 1.85. The molecular formula is C15H14N2O2S. The Morgan fingerprint density at radius 1 is 1.10 bits per heavy atom. The topological polar surface area (TPSA) is 55.5 Å². The van der Waals surface area contributed by atoms with Crippen LogP contribution in [0.2, 0.25) is 0 Å². The van der Waals surface area contributed by atoms with Crippen molar-refractivity contribution in [1.29, 1.82) is 0 Å². The maximum Gasteiger partial charge on any atom is 0.331 e. The third kappa shape index (κ3) is 2.32. The summed E-state index contributed by atoms with van der Waals surface area (Å²) in [4.78, 5) is 4.96. The molecule has 0 saturated carbocycles. The minimum Gasteiger partial charge on any atom is -0.422 e. The van der Waals surface area contributed by atoms with Gasteiger partial charge in [0.1, 0.15) is 5.52 Å². The van der Waals surface area contributed by atoms with Crippen LogP contribution in [0, 0.1) is 0 Å². The predicted molar refractivity (Wildman–Crippen MR) is 79.5 cm³/mol. The summed E-state index contributed by atoms with van der Waals surface area (Å²) < 4.78 is 22.7. The van der Waals surface area contributed by atoms with Crippen molar-refractivity contribution in [3.8, 4) is 0 Å². The van der Waals surface area contributed by atoms with Crippen LogP contribution >= 0.6 is 0 Å². The molecule has 0 N–H and O–H groups in total. The summed E-state index contributed by atoms with van der Waals surface area (Å²) in [6, 6.07) is 16.8. The van der Waals surface area contributed by atoms with E-state index < -0.39 is 9.73 Å². The monoisotopic (exact) mass is 286 g/mol. The summed E-state index contributed by atoms with van der Waals surface area (Å²) in [5, 5.41) is 0. The minimum atomic E-state index is -2.54. The molecule has 0 aliphatic heterocycles. The highest BCUT2D eigenvalue weighted by atomic mass is 32.2. The van der Waals surface area contributed by atoms with Crippen LogP contribution in [0.5, 0.6) is 0 Å². The number of hydrogen-bond acceptors (Lipinski definition) is 4. The lowest BCUT2D eigenvalue weighted by Crippen LogP contribution is -2.03. The number of nitrogens with zero attached hydrogens (tertiary/aromatic N) is 2. The second-order valence-electron chi connectivity index (χ2n) is 4.30. The molecule has 0 radical (unpaired) electrons. The summed E-state index contributed by atoms with van der Waals surface area (Å²) in [5.41, 5.74) is 1.37. The van der Waals surface area contributed by atoms with Crippen molar-refractivity contribution < 1.29 is 8.63 Å². The van der Waals surface area contributed by atoms with Gasteiger partial charge >= 0.3 is 6.01 Å². The SMILES string of the molecule is CCS(=O)(=Nc1nc2ccccc2o1)c1ccccc1. The first kappa shape index (κ1) is 12.9. The van der Waals surface area contributed by atoms with Gasteiger partial charge in [-0.1, -0.05) is 37.3 Å². The average Bonchev–Trinajstić information content (AvgIpc) is 2.90. The van der Waals surface area contributed by atoms with Crippen LogP contribution in [-0.2, 0) is 9.73 Å². The molecule has 0 saturated heterocycles. The van der Waals surface area contributed by atoms with Gasteiger partial charge in [0.25, 0.3) is 0 Å². The molecule has 4 nitrogen and oxygen atoms in total. The van der Waals surface area contributed by atoms with Crippen LogP contribution in [0.25, 0.3) is 11.1 Å². The Kier molecular flexibility index (Phi) is 3.28. The number of rotatable bonds is 3. The van der Waals surface area contributed by atoms with E-state index in [0.29, 0.717) is 16.2 Å². The van der Waals surface area contributed by atoms with Gasteiger partial charge in [-0.25, -0.2) is 4.21 Å². The fourth-order valence-electron chi connectivity index (χ4n) is 1.94. The van der Waals surface area contributed by atoms with E-state index in [0.717, 1.165) is 5.52 Å². The highest BCUT2D eigenvalue weighted by Gasteiger charge is 2.13. The van der Waals surface area contributed by atoms with Crippen LogP contribution in [0.1, 0.15) is 6.92 Å². The zero-order valence-electron chi connectivity index (χ0n) is 11.0. The molecule has 1 atom stereocenters. The van der Waals surface area contributed by atoms with Gasteiger partial charge in [-0.15, -0.1) is 4.36 Å². The summed E-state index contributed by atoms with van der Waals surface area (Å²) in [7, 11) is -2.54. The van der Waals surface area contributed by atoms with Crippen molar-refractivity contribution in [1.82, 2.24) is 4.98 Å². The number of aromatic nitrogens is 1. The lowest BCUT2D eigenvalue weighted by molar-refractivity contribution is 0.612. The molecule has 3 aromatic rings. The van der Waals surface area contributed by atoms with E-state index in [2.05, 4.69) is 9.35 Å². The molecule has 3 rings (SSSR count).